The Morgan fingerprint density at radius 1 is 1.21 bits per heavy atom. The number of aryl methyl sites for hydroxylation is 2. The molecule has 1 aromatic carbocycles. The minimum Gasteiger partial charge on any atom is -0.303 e. The van der Waals surface area contributed by atoms with Crippen molar-refractivity contribution in [1.82, 2.24) is 13.9 Å². The Kier molecular flexibility index (Phi) is 7.91. The van der Waals surface area contributed by atoms with Gasteiger partial charge in [0.25, 0.3) is 11.5 Å². The first-order valence-corrected chi connectivity index (χ1v) is 14.3. The molecule has 1 amide bonds. The van der Waals surface area contributed by atoms with Crippen LogP contribution in [0.3, 0.4) is 0 Å². The van der Waals surface area contributed by atoms with E-state index in [2.05, 4.69) is 9.52 Å². The van der Waals surface area contributed by atoms with E-state index in [1.807, 2.05) is 6.92 Å². The first-order valence-electron chi connectivity index (χ1n) is 11.1. The van der Waals surface area contributed by atoms with Gasteiger partial charge in [0.1, 0.15) is 17.4 Å². The second-order valence-corrected chi connectivity index (χ2v) is 11.5. The van der Waals surface area contributed by atoms with Gasteiger partial charge < -0.3 is 9.79 Å². The van der Waals surface area contributed by atoms with E-state index >= 15 is 0 Å². The summed E-state index contributed by atoms with van der Waals surface area (Å²) in [5.74, 6) is -2.24. The number of halogens is 4. The molecule has 0 unspecified atom stereocenters. The van der Waals surface area contributed by atoms with Crippen LogP contribution in [-0.4, -0.2) is 29.6 Å². The molecule has 3 aromatic heterocycles. The smallest absolute Gasteiger partial charge is 0.303 e. The van der Waals surface area contributed by atoms with Gasteiger partial charge >= 0.3 is 14.0 Å². The number of carbonyl (C=O) groups is 1. The van der Waals surface area contributed by atoms with Crippen LogP contribution in [0.15, 0.2) is 33.4 Å². The van der Waals surface area contributed by atoms with Crippen molar-refractivity contribution >= 4 is 46.6 Å². The van der Waals surface area contributed by atoms with Gasteiger partial charge in [-0.1, -0.05) is 13.0 Å². The lowest BCUT2D eigenvalue weighted by Crippen LogP contribution is -2.20. The largest absolute Gasteiger partial charge is 0.471 e. The van der Waals surface area contributed by atoms with Crippen LogP contribution in [0.2, 0.25) is 0 Å². The number of thiophene rings is 1. The molecule has 0 aliphatic carbocycles. The summed E-state index contributed by atoms with van der Waals surface area (Å²) >= 11 is 2.21. The highest BCUT2D eigenvalue weighted by atomic mass is 32.1. The van der Waals surface area contributed by atoms with Crippen molar-refractivity contribution in [2.24, 2.45) is 19.1 Å². The summed E-state index contributed by atoms with van der Waals surface area (Å²) in [7, 11) is -1.69. The van der Waals surface area contributed by atoms with Gasteiger partial charge in [0.05, 0.1) is 23.1 Å². The van der Waals surface area contributed by atoms with Crippen molar-refractivity contribution in [2.75, 3.05) is 0 Å². The second kappa shape index (κ2) is 10.6. The van der Waals surface area contributed by atoms with Crippen LogP contribution in [0, 0.1) is 5.82 Å². The zero-order valence-electron chi connectivity index (χ0n) is 20.5. The number of aromatic nitrogens is 3. The van der Waals surface area contributed by atoms with Crippen molar-refractivity contribution in [3.05, 3.63) is 60.6 Å². The van der Waals surface area contributed by atoms with Gasteiger partial charge in [-0.2, -0.15) is 18.2 Å². The molecule has 39 heavy (non-hydrogen) atoms. The normalized spacial score (nSPS) is 13.1. The molecule has 0 atom stereocenters. The number of fused-ring (bicyclic) bond motifs is 1. The van der Waals surface area contributed by atoms with Crippen LogP contribution in [-0.2, 0) is 53.7 Å². The number of nitrogens with zero attached hydrogens (tertiary/aromatic N) is 4. The van der Waals surface area contributed by atoms with Gasteiger partial charge in [0, 0.05) is 29.9 Å². The number of hydrogen-bond donors (Lipinski definition) is 2. The SMILES string of the molecule is CCc1sc2c(c1CC(=O)N=c1scc(-c3ccc(C(F)(F)F)c(F)c3)n1COP(=O)(O)O)c(=O)n(C)n2C. The predicted molar refractivity (Wildman–Crippen MR) is 136 cm³/mol. The molecule has 0 aliphatic heterocycles. The standard InChI is InChI=1S/C22H21F4N4O6PS2/c1-4-16-12(18-19(32)28(2)29(3)20(18)39-16)8-17(31)27-21-30(10-36-37(33,34)35)15(9-38-21)11-5-6-13(14(23)7-11)22(24,25)26/h5-7,9H,4,8,10H2,1-3H3,(H2,33,34,35). The minimum absolute atomic E-state index is 0.0109. The van der Waals surface area contributed by atoms with E-state index in [0.29, 0.717) is 34.3 Å². The summed E-state index contributed by atoms with van der Waals surface area (Å²) in [5.41, 5.74) is -1.30. The number of hydrogen-bond acceptors (Lipinski definition) is 6. The zero-order chi connectivity index (χ0) is 28.9. The third-order valence-electron chi connectivity index (χ3n) is 5.92. The third-order valence-corrected chi connectivity index (χ3v) is 8.67. The molecule has 0 saturated carbocycles. The number of rotatable bonds is 7. The fraction of sp³-hybridized carbons (Fsp3) is 0.318. The maximum Gasteiger partial charge on any atom is 0.471 e. The van der Waals surface area contributed by atoms with Crippen LogP contribution in [0.4, 0.5) is 17.6 Å². The molecule has 0 saturated heterocycles. The molecular formula is C22H21F4N4O6PS2. The van der Waals surface area contributed by atoms with Crippen LogP contribution >= 0.6 is 30.5 Å². The van der Waals surface area contributed by atoms with Crippen LogP contribution in [0.25, 0.3) is 21.5 Å². The Morgan fingerprint density at radius 3 is 2.49 bits per heavy atom. The lowest BCUT2D eigenvalue weighted by atomic mass is 10.1. The molecule has 0 bridgehead atoms. The Bertz CT molecular complexity index is 1760. The van der Waals surface area contributed by atoms with Gasteiger partial charge in [-0.15, -0.1) is 22.7 Å². The Balaban J connectivity index is 1.78. The molecule has 210 valence electrons. The van der Waals surface area contributed by atoms with Crippen LogP contribution < -0.4 is 10.4 Å². The number of benzene rings is 1. The first kappa shape index (κ1) is 29.1. The average Bonchev–Trinajstić information content (AvgIpc) is 3.46. The number of amides is 1. The number of carbonyl (C=O) groups excluding carboxylic acids is 1. The van der Waals surface area contributed by atoms with Crippen molar-refractivity contribution in [3.8, 4) is 11.3 Å². The fourth-order valence-electron chi connectivity index (χ4n) is 3.96. The number of phosphoric acid groups is 1. The maximum atomic E-state index is 14.2. The topological polar surface area (TPSA) is 128 Å². The van der Waals surface area contributed by atoms with E-state index in [-0.39, 0.29) is 28.0 Å². The van der Waals surface area contributed by atoms with Gasteiger partial charge in [-0.25, -0.2) is 8.96 Å². The molecule has 3 heterocycles. The van der Waals surface area contributed by atoms with Crippen molar-refractivity contribution in [1.29, 1.82) is 0 Å². The number of phosphoric ester groups is 1. The van der Waals surface area contributed by atoms with Gasteiger partial charge in [-0.05, 0) is 24.1 Å². The molecule has 0 radical (unpaired) electrons. The van der Waals surface area contributed by atoms with Gasteiger partial charge in [0.15, 0.2) is 4.80 Å². The molecule has 4 rings (SSSR count). The summed E-state index contributed by atoms with van der Waals surface area (Å²) < 4.78 is 73.2. The molecule has 4 aromatic rings. The Hall–Kier alpha value is -2.88. The summed E-state index contributed by atoms with van der Waals surface area (Å²) in [4.78, 5) is 49.6. The summed E-state index contributed by atoms with van der Waals surface area (Å²) in [5, 5.41) is 1.74. The van der Waals surface area contributed by atoms with E-state index in [1.54, 1.807) is 18.8 Å². The third kappa shape index (κ3) is 5.85. The molecule has 0 spiro atoms. The highest BCUT2D eigenvalue weighted by molar-refractivity contribution is 7.46. The summed E-state index contributed by atoms with van der Waals surface area (Å²) in [6.45, 7) is 1.04. The Labute approximate surface area is 225 Å². The number of alkyl halides is 3. The van der Waals surface area contributed by atoms with Crippen LogP contribution in [0.1, 0.15) is 22.9 Å². The minimum atomic E-state index is -5.01. The Morgan fingerprint density at radius 2 is 1.90 bits per heavy atom. The van der Waals surface area contributed by atoms with E-state index in [4.69, 9.17) is 9.79 Å². The second-order valence-electron chi connectivity index (χ2n) is 8.34. The molecule has 10 nitrogen and oxygen atoms in total. The molecule has 0 fully saturated rings. The van der Waals surface area contributed by atoms with Crippen molar-refractivity contribution in [2.45, 2.75) is 32.7 Å². The molecule has 0 aliphatic rings. The fourth-order valence-corrected chi connectivity index (χ4v) is 6.38. The summed E-state index contributed by atoms with van der Waals surface area (Å²) in [6, 6.07) is 2.13. The van der Waals surface area contributed by atoms with Crippen molar-refractivity contribution in [3.63, 3.8) is 0 Å². The quantitative estimate of drug-likeness (QED) is 0.242. The average molecular weight is 609 g/mol. The van der Waals surface area contributed by atoms with Gasteiger partial charge in [-0.3, -0.25) is 28.0 Å². The maximum absolute atomic E-state index is 14.2. The highest BCUT2D eigenvalue weighted by Crippen LogP contribution is 2.37. The van der Waals surface area contributed by atoms with Crippen LogP contribution in [0.5, 0.6) is 0 Å². The van der Waals surface area contributed by atoms with E-state index in [9.17, 15) is 31.7 Å². The zero-order valence-corrected chi connectivity index (χ0v) is 23.0. The monoisotopic (exact) mass is 608 g/mol. The summed E-state index contributed by atoms with van der Waals surface area (Å²) in [6.07, 6.45) is -4.61. The number of thiazole rings is 1. The first-order chi connectivity index (χ1) is 18.1. The predicted octanol–water partition coefficient (Wildman–Crippen LogP) is 3.93. The lowest BCUT2D eigenvalue weighted by molar-refractivity contribution is -0.140. The molecule has 2 N–H and O–H groups in total. The van der Waals surface area contributed by atoms with E-state index in [1.165, 1.54) is 21.4 Å². The van der Waals surface area contributed by atoms with Crippen molar-refractivity contribution < 1.29 is 41.2 Å². The van der Waals surface area contributed by atoms with Gasteiger partial charge in [0.2, 0.25) is 0 Å². The van der Waals surface area contributed by atoms with E-state index < -0.39 is 38.0 Å². The highest BCUT2D eigenvalue weighted by Gasteiger charge is 2.34. The van der Waals surface area contributed by atoms with E-state index in [0.717, 1.165) is 26.8 Å². The lowest BCUT2D eigenvalue weighted by Gasteiger charge is -2.12. The molecule has 17 heteroatoms. The molecular weight excluding hydrogens is 587 g/mol.